The summed E-state index contributed by atoms with van der Waals surface area (Å²) in [4.78, 5) is 25.0. The third-order valence-corrected chi connectivity index (χ3v) is 4.18. The van der Waals surface area contributed by atoms with Crippen LogP contribution in [-0.2, 0) is 9.59 Å². The predicted octanol–water partition coefficient (Wildman–Crippen LogP) is 1.50. The fourth-order valence-corrected chi connectivity index (χ4v) is 2.62. The van der Waals surface area contributed by atoms with Crippen molar-refractivity contribution in [3.05, 3.63) is 0 Å². The van der Waals surface area contributed by atoms with E-state index in [-0.39, 0.29) is 17.2 Å². The van der Waals surface area contributed by atoms with Gasteiger partial charge in [0.2, 0.25) is 5.91 Å². The van der Waals surface area contributed by atoms with E-state index in [9.17, 15) is 14.7 Å². The lowest BCUT2D eigenvalue weighted by molar-refractivity contribution is -0.156. The van der Waals surface area contributed by atoms with E-state index >= 15 is 0 Å². The summed E-state index contributed by atoms with van der Waals surface area (Å²) in [5.41, 5.74) is -0.908. The molecule has 2 aliphatic rings. The zero-order valence-corrected chi connectivity index (χ0v) is 10.1. The molecule has 0 aromatic carbocycles. The molecule has 16 heavy (non-hydrogen) atoms. The number of carbonyl (C=O) groups is 2. The average molecular weight is 225 g/mol. The maximum atomic E-state index is 12.2. The second-order valence-corrected chi connectivity index (χ2v) is 5.92. The van der Waals surface area contributed by atoms with Crippen molar-refractivity contribution >= 4 is 11.9 Å². The number of carboxylic acid groups (broad SMARTS) is 1. The molecule has 2 fully saturated rings. The number of carbonyl (C=O) groups excluding carboxylic acids is 1. The first-order valence-corrected chi connectivity index (χ1v) is 5.84. The zero-order valence-electron chi connectivity index (χ0n) is 10.1. The van der Waals surface area contributed by atoms with Gasteiger partial charge in [0.1, 0.15) is 5.54 Å². The molecule has 4 heteroatoms. The first-order valence-electron chi connectivity index (χ1n) is 5.84. The third kappa shape index (κ3) is 1.51. The fourth-order valence-electron chi connectivity index (χ4n) is 2.62. The quantitative estimate of drug-likeness (QED) is 0.774. The summed E-state index contributed by atoms with van der Waals surface area (Å²) in [5.74, 6) is -0.812. The van der Waals surface area contributed by atoms with Gasteiger partial charge in [-0.15, -0.1) is 0 Å². The van der Waals surface area contributed by atoms with Crippen LogP contribution < -0.4 is 0 Å². The number of rotatable bonds is 2. The lowest BCUT2D eigenvalue weighted by atomic mass is 9.98. The van der Waals surface area contributed by atoms with E-state index in [0.717, 1.165) is 12.8 Å². The third-order valence-electron chi connectivity index (χ3n) is 4.18. The first-order chi connectivity index (χ1) is 7.29. The molecular formula is C12H19NO3. The molecule has 0 aromatic heterocycles. The Morgan fingerprint density at radius 2 is 1.88 bits per heavy atom. The summed E-state index contributed by atoms with van der Waals surface area (Å²) in [6.45, 7) is 6.37. The second kappa shape index (κ2) is 3.22. The van der Waals surface area contributed by atoms with Crippen molar-refractivity contribution in [2.24, 2.45) is 11.3 Å². The lowest BCUT2D eigenvalue weighted by Gasteiger charge is -2.31. The second-order valence-electron chi connectivity index (χ2n) is 5.92. The number of hydrogen-bond acceptors (Lipinski definition) is 2. The van der Waals surface area contributed by atoms with Crippen LogP contribution in [0.5, 0.6) is 0 Å². The Morgan fingerprint density at radius 3 is 2.31 bits per heavy atom. The van der Waals surface area contributed by atoms with Crippen LogP contribution in [-0.4, -0.2) is 34.0 Å². The summed E-state index contributed by atoms with van der Waals surface area (Å²) in [5, 5.41) is 9.23. The molecule has 4 nitrogen and oxygen atoms in total. The summed E-state index contributed by atoms with van der Waals surface area (Å²) >= 11 is 0. The molecule has 1 unspecified atom stereocenters. The maximum Gasteiger partial charge on any atom is 0.329 e. The van der Waals surface area contributed by atoms with Gasteiger partial charge in [0.05, 0.1) is 0 Å². The molecular weight excluding hydrogens is 206 g/mol. The van der Waals surface area contributed by atoms with Crippen LogP contribution in [0.2, 0.25) is 0 Å². The minimum Gasteiger partial charge on any atom is -0.480 e. The van der Waals surface area contributed by atoms with Gasteiger partial charge in [-0.1, -0.05) is 13.8 Å². The van der Waals surface area contributed by atoms with Gasteiger partial charge in [-0.25, -0.2) is 4.79 Å². The van der Waals surface area contributed by atoms with Gasteiger partial charge in [-0.3, -0.25) is 4.79 Å². The summed E-state index contributed by atoms with van der Waals surface area (Å²) in [6, 6.07) is 0. The molecule has 1 N–H and O–H groups in total. The van der Waals surface area contributed by atoms with Gasteiger partial charge in [-0.05, 0) is 31.6 Å². The van der Waals surface area contributed by atoms with Crippen molar-refractivity contribution in [3.63, 3.8) is 0 Å². The summed E-state index contributed by atoms with van der Waals surface area (Å²) in [7, 11) is 0. The Hall–Kier alpha value is -1.06. The van der Waals surface area contributed by atoms with E-state index in [1.807, 2.05) is 0 Å². The Balaban J connectivity index is 2.15. The highest BCUT2D eigenvalue weighted by molar-refractivity contribution is 5.90. The van der Waals surface area contributed by atoms with Crippen LogP contribution in [0.15, 0.2) is 0 Å². The van der Waals surface area contributed by atoms with Crippen molar-refractivity contribution < 1.29 is 14.7 Å². The van der Waals surface area contributed by atoms with Gasteiger partial charge in [-0.2, -0.15) is 0 Å². The molecule has 1 saturated carbocycles. The van der Waals surface area contributed by atoms with Gasteiger partial charge in [0, 0.05) is 12.5 Å². The lowest BCUT2D eigenvalue weighted by Crippen LogP contribution is -2.51. The molecule has 1 aliphatic carbocycles. The van der Waals surface area contributed by atoms with Crippen LogP contribution in [0.4, 0.5) is 0 Å². The van der Waals surface area contributed by atoms with Crippen molar-refractivity contribution in [2.75, 3.05) is 6.54 Å². The molecule has 0 radical (unpaired) electrons. The summed E-state index contributed by atoms with van der Waals surface area (Å²) < 4.78 is 0. The highest BCUT2D eigenvalue weighted by atomic mass is 16.4. The maximum absolute atomic E-state index is 12.2. The number of likely N-dealkylation sites (tertiary alicyclic amines) is 1. The minimum absolute atomic E-state index is 0.0317. The predicted molar refractivity (Wildman–Crippen MR) is 58.9 cm³/mol. The molecule has 0 spiro atoms. The van der Waals surface area contributed by atoms with E-state index in [1.165, 1.54) is 0 Å². The van der Waals surface area contributed by atoms with Gasteiger partial charge in [0.25, 0.3) is 0 Å². The first kappa shape index (κ1) is 11.4. The van der Waals surface area contributed by atoms with Crippen molar-refractivity contribution in [1.29, 1.82) is 0 Å². The minimum atomic E-state index is -0.976. The molecule has 1 saturated heterocycles. The standard InChI is InChI=1S/C12H19NO3/c1-11(2)7-8(11)9(14)13-6-4-5-12(13,3)10(15)16/h8H,4-7H2,1-3H3,(H,15,16)/t8-,12?/m1/s1. The highest BCUT2D eigenvalue weighted by Crippen LogP contribution is 2.53. The average Bonchev–Trinajstić information content (AvgIpc) is 2.63. The molecule has 0 bridgehead atoms. The van der Waals surface area contributed by atoms with E-state index in [2.05, 4.69) is 13.8 Å². The number of carboxylic acids is 1. The topological polar surface area (TPSA) is 57.6 Å². The Morgan fingerprint density at radius 1 is 1.31 bits per heavy atom. The largest absolute Gasteiger partial charge is 0.480 e. The van der Waals surface area contributed by atoms with Crippen molar-refractivity contribution in [3.8, 4) is 0 Å². The van der Waals surface area contributed by atoms with E-state index in [1.54, 1.807) is 11.8 Å². The van der Waals surface area contributed by atoms with E-state index in [0.29, 0.717) is 13.0 Å². The normalized spacial score (nSPS) is 36.2. The highest BCUT2D eigenvalue weighted by Gasteiger charge is 2.56. The molecule has 0 aromatic rings. The monoisotopic (exact) mass is 225 g/mol. The molecule has 2 rings (SSSR count). The Kier molecular flexibility index (Phi) is 2.30. The van der Waals surface area contributed by atoms with E-state index in [4.69, 9.17) is 0 Å². The van der Waals surface area contributed by atoms with Gasteiger partial charge >= 0.3 is 5.97 Å². The zero-order chi connectivity index (χ0) is 12.1. The van der Waals surface area contributed by atoms with Gasteiger partial charge in [0.15, 0.2) is 0 Å². The SMILES string of the molecule is CC1(C)C[C@@H]1C(=O)N1CCCC1(C)C(=O)O. The number of hydrogen-bond donors (Lipinski definition) is 1. The van der Waals surface area contributed by atoms with Crippen LogP contribution in [0, 0.1) is 11.3 Å². The molecule has 1 aliphatic heterocycles. The van der Waals surface area contributed by atoms with Crippen molar-refractivity contribution in [2.45, 2.75) is 45.6 Å². The number of nitrogens with zero attached hydrogens (tertiary/aromatic N) is 1. The fraction of sp³-hybridized carbons (Fsp3) is 0.833. The Labute approximate surface area is 95.6 Å². The van der Waals surface area contributed by atoms with Crippen LogP contribution in [0.3, 0.4) is 0 Å². The van der Waals surface area contributed by atoms with Gasteiger partial charge < -0.3 is 10.0 Å². The molecule has 90 valence electrons. The van der Waals surface area contributed by atoms with Crippen LogP contribution >= 0.6 is 0 Å². The van der Waals surface area contributed by atoms with Crippen LogP contribution in [0.1, 0.15) is 40.0 Å². The summed E-state index contributed by atoms with van der Waals surface area (Å²) in [6.07, 6.45) is 2.25. The number of amides is 1. The smallest absolute Gasteiger partial charge is 0.329 e. The van der Waals surface area contributed by atoms with Crippen molar-refractivity contribution in [1.82, 2.24) is 4.90 Å². The van der Waals surface area contributed by atoms with E-state index < -0.39 is 11.5 Å². The van der Waals surface area contributed by atoms with Crippen LogP contribution in [0.25, 0.3) is 0 Å². The Bertz CT molecular complexity index is 350. The molecule has 1 heterocycles. The number of aliphatic carboxylic acids is 1. The molecule has 1 amide bonds. The molecule has 2 atom stereocenters.